The van der Waals surface area contributed by atoms with Crippen molar-refractivity contribution >= 4 is 35.6 Å². The number of nitrogens with zero attached hydrogens (tertiary/aromatic N) is 1. The van der Waals surface area contributed by atoms with Gasteiger partial charge in [-0.2, -0.15) is 0 Å². The summed E-state index contributed by atoms with van der Waals surface area (Å²) < 4.78 is 5.22. The van der Waals surface area contributed by atoms with E-state index in [0.717, 1.165) is 29.0 Å². The highest BCUT2D eigenvalue weighted by Gasteiger charge is 2.25. The van der Waals surface area contributed by atoms with Gasteiger partial charge < -0.3 is 20.3 Å². The van der Waals surface area contributed by atoms with Gasteiger partial charge in [-0.25, -0.2) is 0 Å². The molecule has 3 rings (SSSR count). The Hall–Kier alpha value is -2.57. The molecule has 0 spiro atoms. The number of fused-ring (bicyclic) bond motifs is 1. The van der Waals surface area contributed by atoms with Crippen molar-refractivity contribution in [3.05, 3.63) is 53.6 Å². The number of anilines is 2. The number of hydrogen-bond acceptors (Lipinski definition) is 4. The van der Waals surface area contributed by atoms with Gasteiger partial charge in [-0.1, -0.05) is 18.2 Å². The lowest BCUT2D eigenvalue weighted by Crippen LogP contribution is -2.30. The van der Waals surface area contributed by atoms with Crippen LogP contribution in [0.25, 0.3) is 0 Å². The average molecular weight is 390 g/mol. The summed E-state index contributed by atoms with van der Waals surface area (Å²) in [5, 5.41) is 5.66. The fraction of sp³-hybridized carbons (Fsp3) is 0.300. The van der Waals surface area contributed by atoms with Crippen molar-refractivity contribution in [2.45, 2.75) is 12.8 Å². The Labute approximate surface area is 165 Å². The highest BCUT2D eigenvalue weighted by molar-refractivity contribution is 5.98. The second kappa shape index (κ2) is 9.39. The molecule has 0 saturated heterocycles. The van der Waals surface area contributed by atoms with Crippen LogP contribution in [0, 0.1) is 0 Å². The summed E-state index contributed by atoms with van der Waals surface area (Å²) in [6.07, 6.45) is 1.14. The fourth-order valence-electron chi connectivity index (χ4n) is 3.13. The molecule has 1 aliphatic heterocycles. The quantitative estimate of drug-likeness (QED) is 0.796. The number of halogens is 1. The van der Waals surface area contributed by atoms with Gasteiger partial charge in [-0.15, -0.1) is 12.4 Å². The molecule has 0 bridgehead atoms. The van der Waals surface area contributed by atoms with Gasteiger partial charge in [0.2, 0.25) is 11.8 Å². The molecule has 1 heterocycles. The molecule has 0 radical (unpaired) electrons. The number of hydrogen-bond donors (Lipinski definition) is 2. The first-order valence-corrected chi connectivity index (χ1v) is 8.61. The number of carbonyl (C=O) groups is 2. The summed E-state index contributed by atoms with van der Waals surface area (Å²) in [5.41, 5.74) is 3.61. The Morgan fingerprint density at radius 2 is 2.00 bits per heavy atom. The zero-order valence-electron chi connectivity index (χ0n) is 15.5. The first kappa shape index (κ1) is 20.7. The van der Waals surface area contributed by atoms with E-state index in [1.165, 1.54) is 0 Å². The second-order valence-electron chi connectivity index (χ2n) is 6.25. The van der Waals surface area contributed by atoms with Crippen LogP contribution in [0.1, 0.15) is 11.1 Å². The Morgan fingerprint density at radius 1 is 1.19 bits per heavy atom. The van der Waals surface area contributed by atoms with Gasteiger partial charge in [-0.05, 0) is 48.9 Å². The van der Waals surface area contributed by atoms with Gasteiger partial charge >= 0.3 is 0 Å². The molecule has 2 aromatic carbocycles. The third-order valence-electron chi connectivity index (χ3n) is 4.39. The number of amides is 2. The third-order valence-corrected chi connectivity index (χ3v) is 4.39. The molecule has 27 heavy (non-hydrogen) atoms. The van der Waals surface area contributed by atoms with Crippen LogP contribution >= 0.6 is 12.4 Å². The molecular weight excluding hydrogens is 366 g/mol. The monoisotopic (exact) mass is 389 g/mol. The Balaban J connectivity index is 0.00000261. The summed E-state index contributed by atoms with van der Waals surface area (Å²) in [5.74, 6) is 0.669. The van der Waals surface area contributed by atoms with E-state index in [4.69, 9.17) is 4.74 Å². The predicted octanol–water partition coefficient (Wildman–Crippen LogP) is 2.41. The van der Waals surface area contributed by atoms with E-state index >= 15 is 0 Å². The highest BCUT2D eigenvalue weighted by Crippen LogP contribution is 2.31. The number of ether oxygens (including phenoxy) is 1. The predicted molar refractivity (Wildman–Crippen MR) is 109 cm³/mol. The minimum atomic E-state index is -0.111. The lowest BCUT2D eigenvalue weighted by atomic mass is 10.1. The van der Waals surface area contributed by atoms with Crippen molar-refractivity contribution in [3.8, 4) is 5.75 Å². The normalized spacial score (nSPS) is 12.1. The van der Waals surface area contributed by atoms with Gasteiger partial charge in [-0.3, -0.25) is 9.59 Å². The average Bonchev–Trinajstić information content (AvgIpc) is 3.05. The van der Waals surface area contributed by atoms with E-state index in [9.17, 15) is 9.59 Å². The van der Waals surface area contributed by atoms with E-state index in [2.05, 4.69) is 10.6 Å². The molecule has 7 heteroatoms. The lowest BCUT2D eigenvalue weighted by Gasteiger charge is -2.18. The van der Waals surface area contributed by atoms with Crippen LogP contribution in [-0.2, 0) is 22.4 Å². The van der Waals surface area contributed by atoms with E-state index < -0.39 is 0 Å². The zero-order valence-corrected chi connectivity index (χ0v) is 16.3. The molecule has 0 fully saturated rings. The SMILES string of the molecule is CNCC(=O)Nc1ccc2c(c1)N(C(=O)Cc1cccc(OC)c1)CC2.Cl. The molecule has 0 unspecified atom stereocenters. The first-order valence-electron chi connectivity index (χ1n) is 8.61. The number of likely N-dealkylation sites (N-methyl/N-ethyl adjacent to an activating group) is 1. The van der Waals surface area contributed by atoms with Crippen molar-refractivity contribution in [1.29, 1.82) is 0 Å². The smallest absolute Gasteiger partial charge is 0.238 e. The van der Waals surface area contributed by atoms with E-state index in [0.29, 0.717) is 18.7 Å². The minimum Gasteiger partial charge on any atom is -0.497 e. The maximum absolute atomic E-state index is 12.8. The van der Waals surface area contributed by atoms with Crippen LogP contribution in [-0.4, -0.2) is 39.1 Å². The minimum absolute atomic E-state index is 0. The summed E-state index contributed by atoms with van der Waals surface area (Å²) in [7, 11) is 3.34. The molecule has 1 aliphatic rings. The van der Waals surface area contributed by atoms with Crippen molar-refractivity contribution < 1.29 is 14.3 Å². The van der Waals surface area contributed by atoms with Crippen LogP contribution in [0.4, 0.5) is 11.4 Å². The second-order valence-corrected chi connectivity index (χ2v) is 6.25. The maximum Gasteiger partial charge on any atom is 0.238 e. The molecule has 2 amide bonds. The van der Waals surface area contributed by atoms with Gasteiger partial charge in [0.15, 0.2) is 0 Å². The van der Waals surface area contributed by atoms with E-state index in [1.54, 1.807) is 19.1 Å². The third kappa shape index (κ3) is 4.99. The molecule has 0 aliphatic carbocycles. The molecule has 0 atom stereocenters. The standard InChI is InChI=1S/C20H23N3O3.ClH/c1-21-13-19(24)22-16-7-6-15-8-9-23(18(15)12-16)20(25)11-14-4-3-5-17(10-14)26-2;/h3-7,10,12,21H,8-9,11,13H2,1-2H3,(H,22,24);1H. The number of rotatable bonds is 6. The molecule has 144 valence electrons. The van der Waals surface area contributed by atoms with Crippen LogP contribution in [0.2, 0.25) is 0 Å². The summed E-state index contributed by atoms with van der Waals surface area (Å²) in [6, 6.07) is 13.3. The summed E-state index contributed by atoms with van der Waals surface area (Å²) in [4.78, 5) is 26.4. The summed E-state index contributed by atoms with van der Waals surface area (Å²) in [6.45, 7) is 0.904. The van der Waals surface area contributed by atoms with Gasteiger partial charge in [0.25, 0.3) is 0 Å². The van der Waals surface area contributed by atoms with Crippen LogP contribution < -0.4 is 20.3 Å². The van der Waals surface area contributed by atoms with Crippen LogP contribution in [0.15, 0.2) is 42.5 Å². The van der Waals surface area contributed by atoms with Crippen molar-refractivity contribution in [3.63, 3.8) is 0 Å². The maximum atomic E-state index is 12.8. The largest absolute Gasteiger partial charge is 0.497 e. The van der Waals surface area contributed by atoms with Gasteiger partial charge in [0.1, 0.15) is 5.75 Å². The van der Waals surface area contributed by atoms with E-state index in [1.807, 2.05) is 42.5 Å². The summed E-state index contributed by atoms with van der Waals surface area (Å²) >= 11 is 0. The van der Waals surface area contributed by atoms with E-state index in [-0.39, 0.29) is 30.8 Å². The molecular formula is C20H24ClN3O3. The van der Waals surface area contributed by atoms with Crippen molar-refractivity contribution in [1.82, 2.24) is 5.32 Å². The molecule has 0 saturated carbocycles. The lowest BCUT2D eigenvalue weighted by molar-refractivity contribution is -0.118. The molecule has 2 aromatic rings. The fourth-order valence-corrected chi connectivity index (χ4v) is 3.13. The topological polar surface area (TPSA) is 70.7 Å². The van der Waals surface area contributed by atoms with Crippen molar-refractivity contribution in [2.75, 3.05) is 37.5 Å². The number of benzene rings is 2. The Kier molecular flexibility index (Phi) is 7.21. The number of nitrogens with one attached hydrogen (secondary N) is 2. The van der Waals surface area contributed by atoms with Gasteiger partial charge in [0.05, 0.1) is 20.1 Å². The first-order chi connectivity index (χ1) is 12.6. The highest BCUT2D eigenvalue weighted by atomic mass is 35.5. The molecule has 2 N–H and O–H groups in total. The number of carbonyl (C=O) groups excluding carboxylic acids is 2. The van der Waals surface area contributed by atoms with Gasteiger partial charge in [0, 0.05) is 17.9 Å². The molecule has 6 nitrogen and oxygen atoms in total. The zero-order chi connectivity index (χ0) is 18.5. The Morgan fingerprint density at radius 3 is 2.74 bits per heavy atom. The Bertz CT molecular complexity index is 826. The van der Waals surface area contributed by atoms with Crippen LogP contribution in [0.3, 0.4) is 0 Å². The number of methoxy groups -OCH3 is 1. The van der Waals surface area contributed by atoms with Crippen LogP contribution in [0.5, 0.6) is 5.75 Å². The van der Waals surface area contributed by atoms with Crippen molar-refractivity contribution in [2.24, 2.45) is 0 Å². The molecule has 0 aromatic heterocycles.